The van der Waals surface area contributed by atoms with Gasteiger partial charge in [0.1, 0.15) is 0 Å². The summed E-state index contributed by atoms with van der Waals surface area (Å²) in [6, 6.07) is 7.06. The van der Waals surface area contributed by atoms with Gasteiger partial charge in [-0.25, -0.2) is 4.98 Å². The van der Waals surface area contributed by atoms with Crippen LogP contribution in [-0.4, -0.2) is 35.8 Å². The van der Waals surface area contributed by atoms with Crippen molar-refractivity contribution in [1.29, 1.82) is 0 Å². The van der Waals surface area contributed by atoms with Crippen molar-refractivity contribution in [3.63, 3.8) is 0 Å². The number of carbonyl (C=O) groups excluding carboxylic acids is 2. The number of likely N-dealkylation sites (N-methyl/N-ethyl adjacent to an activating group) is 1. The molecule has 0 aliphatic heterocycles. The molecule has 0 spiro atoms. The third-order valence-electron chi connectivity index (χ3n) is 3.93. The molecule has 1 heterocycles. The minimum atomic E-state index is -0.522. The molecule has 0 aliphatic rings. The third kappa shape index (κ3) is 5.25. The second-order valence-electron chi connectivity index (χ2n) is 5.89. The van der Waals surface area contributed by atoms with Gasteiger partial charge in [-0.15, -0.1) is 11.3 Å². The van der Waals surface area contributed by atoms with Gasteiger partial charge in [-0.3, -0.25) is 9.59 Å². The van der Waals surface area contributed by atoms with E-state index in [1.54, 1.807) is 12.6 Å². The number of benzene rings is 1. The van der Waals surface area contributed by atoms with E-state index >= 15 is 0 Å². The van der Waals surface area contributed by atoms with E-state index in [9.17, 15) is 9.59 Å². The minimum Gasteiger partial charge on any atom is -0.345 e. The lowest BCUT2D eigenvalue weighted by Gasteiger charge is -2.20. The molecule has 0 radical (unpaired) electrons. The number of nitrogens with one attached hydrogen (secondary N) is 2. The van der Waals surface area contributed by atoms with Gasteiger partial charge in [0.25, 0.3) is 0 Å². The third-order valence-corrected chi connectivity index (χ3v) is 4.56. The number of amides is 1. The summed E-state index contributed by atoms with van der Waals surface area (Å²) in [7, 11) is 1.74. The van der Waals surface area contributed by atoms with E-state index < -0.39 is 12.1 Å². The van der Waals surface area contributed by atoms with E-state index in [1.165, 1.54) is 23.8 Å². The van der Waals surface area contributed by atoms with Gasteiger partial charge < -0.3 is 10.6 Å². The van der Waals surface area contributed by atoms with E-state index in [1.807, 2.05) is 36.6 Å². The van der Waals surface area contributed by atoms with Crippen molar-refractivity contribution in [2.45, 2.75) is 38.8 Å². The van der Waals surface area contributed by atoms with Gasteiger partial charge in [-0.2, -0.15) is 0 Å². The number of rotatable bonds is 8. The van der Waals surface area contributed by atoms with E-state index in [2.05, 4.69) is 15.6 Å². The standard InChI is InChI=1S/C18H23N3O2S/c1-12-4-6-14(7-5-12)8-16(13(2)22)21-18(23)17(19-3)9-15-10-24-11-20-15/h4-7,10-11,16-17,19H,8-9H2,1-3H3,(H,21,23)/t16?,17-/m0/s1. The van der Waals surface area contributed by atoms with Crippen molar-refractivity contribution in [3.05, 3.63) is 52.0 Å². The quantitative estimate of drug-likeness (QED) is 0.766. The zero-order chi connectivity index (χ0) is 17.5. The van der Waals surface area contributed by atoms with Gasteiger partial charge >= 0.3 is 0 Å². The monoisotopic (exact) mass is 345 g/mol. The highest BCUT2D eigenvalue weighted by Crippen LogP contribution is 2.08. The second-order valence-corrected chi connectivity index (χ2v) is 6.61. The summed E-state index contributed by atoms with van der Waals surface area (Å²) >= 11 is 1.50. The first-order valence-electron chi connectivity index (χ1n) is 7.90. The van der Waals surface area contributed by atoms with Gasteiger partial charge in [0.2, 0.25) is 5.91 Å². The van der Waals surface area contributed by atoms with Crippen LogP contribution in [0.15, 0.2) is 35.2 Å². The van der Waals surface area contributed by atoms with Crippen LogP contribution in [0.2, 0.25) is 0 Å². The average Bonchev–Trinajstić information content (AvgIpc) is 3.06. The average molecular weight is 345 g/mol. The van der Waals surface area contributed by atoms with Crippen LogP contribution in [0.3, 0.4) is 0 Å². The van der Waals surface area contributed by atoms with Crippen LogP contribution in [0.4, 0.5) is 0 Å². The number of hydrogen-bond donors (Lipinski definition) is 2. The van der Waals surface area contributed by atoms with Crippen LogP contribution < -0.4 is 10.6 Å². The second kappa shape index (κ2) is 8.70. The zero-order valence-electron chi connectivity index (χ0n) is 14.2. The molecule has 1 unspecified atom stereocenters. The summed E-state index contributed by atoms with van der Waals surface area (Å²) in [5, 5.41) is 7.79. The van der Waals surface area contributed by atoms with Crippen molar-refractivity contribution in [2.24, 2.45) is 0 Å². The van der Waals surface area contributed by atoms with Gasteiger partial charge in [0.05, 0.1) is 23.3 Å². The van der Waals surface area contributed by atoms with Crippen LogP contribution in [0.25, 0.3) is 0 Å². The van der Waals surface area contributed by atoms with Crippen LogP contribution in [0.1, 0.15) is 23.7 Å². The lowest BCUT2D eigenvalue weighted by atomic mass is 10.0. The number of thiazole rings is 1. The number of Topliss-reactive ketones (excluding diaryl/α,β-unsaturated/α-hetero) is 1. The van der Waals surface area contributed by atoms with Crippen LogP contribution in [-0.2, 0) is 22.4 Å². The molecule has 0 aliphatic carbocycles. The Kier molecular flexibility index (Phi) is 6.63. The first kappa shape index (κ1) is 18.3. The molecule has 6 heteroatoms. The Bertz CT molecular complexity index is 668. The Balaban J connectivity index is 2.01. The Morgan fingerprint density at radius 1 is 1.17 bits per heavy atom. The van der Waals surface area contributed by atoms with Gasteiger partial charge in [0, 0.05) is 11.8 Å². The van der Waals surface area contributed by atoms with Crippen LogP contribution >= 0.6 is 11.3 Å². The maximum Gasteiger partial charge on any atom is 0.238 e. The molecule has 1 aromatic carbocycles. The fourth-order valence-corrected chi connectivity index (χ4v) is 2.97. The lowest BCUT2D eigenvalue weighted by Crippen LogP contribution is -2.50. The highest BCUT2D eigenvalue weighted by molar-refractivity contribution is 7.07. The molecule has 128 valence electrons. The first-order valence-corrected chi connectivity index (χ1v) is 8.84. The van der Waals surface area contributed by atoms with E-state index in [4.69, 9.17) is 0 Å². The Hall–Kier alpha value is -2.05. The molecule has 0 fully saturated rings. The predicted molar refractivity (Wildman–Crippen MR) is 96.2 cm³/mol. The number of nitrogens with zero attached hydrogens (tertiary/aromatic N) is 1. The first-order chi connectivity index (χ1) is 11.5. The van der Waals surface area contributed by atoms with Crippen molar-refractivity contribution in [3.8, 4) is 0 Å². The largest absolute Gasteiger partial charge is 0.345 e. The predicted octanol–water partition coefficient (Wildman–Crippen LogP) is 1.90. The molecule has 2 rings (SSSR count). The highest BCUT2D eigenvalue weighted by Gasteiger charge is 2.23. The van der Waals surface area contributed by atoms with Crippen molar-refractivity contribution in [2.75, 3.05) is 7.05 Å². The smallest absolute Gasteiger partial charge is 0.238 e. The summed E-state index contributed by atoms with van der Waals surface area (Å²) in [5.74, 6) is -0.231. The number of aromatic nitrogens is 1. The van der Waals surface area contributed by atoms with Gasteiger partial charge in [0.15, 0.2) is 5.78 Å². The molecule has 0 saturated carbocycles. The molecule has 24 heavy (non-hydrogen) atoms. The molecule has 0 saturated heterocycles. The van der Waals surface area contributed by atoms with E-state index in [-0.39, 0.29) is 11.7 Å². The Morgan fingerprint density at radius 3 is 2.42 bits per heavy atom. The Labute approximate surface area is 146 Å². The fourth-order valence-electron chi connectivity index (χ4n) is 2.40. The van der Waals surface area contributed by atoms with E-state index in [0.29, 0.717) is 12.8 Å². The molecular weight excluding hydrogens is 322 g/mol. The zero-order valence-corrected chi connectivity index (χ0v) is 15.0. The highest BCUT2D eigenvalue weighted by atomic mass is 32.1. The number of aryl methyl sites for hydroxylation is 1. The molecule has 0 bridgehead atoms. The van der Waals surface area contributed by atoms with E-state index in [0.717, 1.165) is 11.3 Å². The summed E-state index contributed by atoms with van der Waals surface area (Å²) in [6.07, 6.45) is 0.996. The molecule has 2 N–H and O–H groups in total. The van der Waals surface area contributed by atoms with Gasteiger partial charge in [-0.05, 0) is 32.9 Å². The number of carbonyl (C=O) groups is 2. The number of hydrogen-bond acceptors (Lipinski definition) is 5. The molecule has 5 nitrogen and oxygen atoms in total. The van der Waals surface area contributed by atoms with Crippen molar-refractivity contribution < 1.29 is 9.59 Å². The van der Waals surface area contributed by atoms with Crippen LogP contribution in [0.5, 0.6) is 0 Å². The summed E-state index contributed by atoms with van der Waals surface area (Å²) < 4.78 is 0. The SMILES string of the molecule is CN[C@@H](Cc1cscn1)C(=O)NC(Cc1ccc(C)cc1)C(C)=O. The summed E-state index contributed by atoms with van der Waals surface area (Å²) in [4.78, 5) is 28.7. The van der Waals surface area contributed by atoms with Crippen molar-refractivity contribution in [1.82, 2.24) is 15.6 Å². The topological polar surface area (TPSA) is 71.1 Å². The van der Waals surface area contributed by atoms with Crippen molar-refractivity contribution >= 4 is 23.0 Å². The number of ketones is 1. The molecule has 1 amide bonds. The summed E-state index contributed by atoms with van der Waals surface area (Å²) in [5.41, 5.74) is 4.81. The van der Waals surface area contributed by atoms with Gasteiger partial charge in [-0.1, -0.05) is 29.8 Å². The summed E-state index contributed by atoms with van der Waals surface area (Å²) in [6.45, 7) is 3.53. The fraction of sp³-hybridized carbons (Fsp3) is 0.389. The lowest BCUT2D eigenvalue weighted by molar-refractivity contribution is -0.128. The molecule has 1 aromatic heterocycles. The maximum atomic E-state index is 12.5. The maximum absolute atomic E-state index is 12.5. The minimum absolute atomic E-state index is 0.0487. The Morgan fingerprint density at radius 2 is 1.88 bits per heavy atom. The molecule has 2 aromatic rings. The van der Waals surface area contributed by atoms with Crippen LogP contribution in [0, 0.1) is 6.92 Å². The molecular formula is C18H23N3O2S. The molecule has 2 atom stereocenters. The normalized spacial score (nSPS) is 13.3.